The standard InChI is InChI=1S/C13H22N2/c1-9(2)11-8-12(13(3,4)5)15(14-11)10-6-7-10/h8-10H,6-7H2,1-5H3. The highest BCUT2D eigenvalue weighted by molar-refractivity contribution is 5.21. The van der Waals surface area contributed by atoms with E-state index in [1.165, 1.54) is 24.2 Å². The van der Waals surface area contributed by atoms with Gasteiger partial charge in [-0.15, -0.1) is 0 Å². The number of aromatic nitrogens is 2. The summed E-state index contributed by atoms with van der Waals surface area (Å²) in [5, 5.41) is 4.75. The zero-order valence-corrected chi connectivity index (χ0v) is 10.5. The Morgan fingerprint density at radius 1 is 1.33 bits per heavy atom. The van der Waals surface area contributed by atoms with Crippen LogP contribution in [0.5, 0.6) is 0 Å². The Bertz CT molecular complexity index is 351. The molecule has 1 fully saturated rings. The minimum Gasteiger partial charge on any atom is -0.266 e. The molecule has 0 spiro atoms. The smallest absolute Gasteiger partial charge is 0.0653 e. The first-order valence-electron chi connectivity index (χ1n) is 5.99. The van der Waals surface area contributed by atoms with E-state index >= 15 is 0 Å². The molecule has 2 heteroatoms. The summed E-state index contributed by atoms with van der Waals surface area (Å²) in [7, 11) is 0. The molecule has 0 aliphatic heterocycles. The van der Waals surface area contributed by atoms with Gasteiger partial charge in [0.25, 0.3) is 0 Å². The van der Waals surface area contributed by atoms with Gasteiger partial charge in [0.15, 0.2) is 0 Å². The Morgan fingerprint density at radius 2 is 1.93 bits per heavy atom. The molecule has 1 aliphatic carbocycles. The van der Waals surface area contributed by atoms with Crippen molar-refractivity contribution in [2.24, 2.45) is 0 Å². The van der Waals surface area contributed by atoms with Crippen LogP contribution < -0.4 is 0 Å². The van der Waals surface area contributed by atoms with E-state index in [-0.39, 0.29) is 5.41 Å². The summed E-state index contributed by atoms with van der Waals surface area (Å²) < 4.78 is 2.27. The lowest BCUT2D eigenvalue weighted by Gasteiger charge is -2.19. The van der Waals surface area contributed by atoms with E-state index in [1.807, 2.05) is 0 Å². The molecule has 1 aromatic heterocycles. The van der Waals surface area contributed by atoms with Gasteiger partial charge >= 0.3 is 0 Å². The third-order valence-electron chi connectivity index (χ3n) is 3.01. The fourth-order valence-electron chi connectivity index (χ4n) is 1.85. The fraction of sp³-hybridized carbons (Fsp3) is 0.769. The van der Waals surface area contributed by atoms with Gasteiger partial charge in [0.2, 0.25) is 0 Å². The number of hydrogen-bond donors (Lipinski definition) is 0. The van der Waals surface area contributed by atoms with Crippen molar-refractivity contribution in [3.05, 3.63) is 17.5 Å². The van der Waals surface area contributed by atoms with Crippen LogP contribution in [0.25, 0.3) is 0 Å². The second-order valence-corrected chi connectivity index (χ2v) is 6.03. The monoisotopic (exact) mass is 206 g/mol. The van der Waals surface area contributed by atoms with Gasteiger partial charge in [-0.1, -0.05) is 34.6 Å². The highest BCUT2D eigenvalue weighted by Gasteiger charge is 2.31. The largest absolute Gasteiger partial charge is 0.266 e. The predicted molar refractivity (Wildman–Crippen MR) is 63.3 cm³/mol. The lowest BCUT2D eigenvalue weighted by Crippen LogP contribution is -2.17. The first-order valence-corrected chi connectivity index (χ1v) is 5.99. The van der Waals surface area contributed by atoms with Gasteiger partial charge in [0.05, 0.1) is 11.7 Å². The summed E-state index contributed by atoms with van der Waals surface area (Å²) in [5.41, 5.74) is 2.85. The SMILES string of the molecule is CC(C)c1cc(C(C)(C)C)n(C2CC2)n1. The van der Waals surface area contributed by atoms with Crippen LogP contribution in [0.1, 0.15) is 70.8 Å². The molecule has 84 valence electrons. The van der Waals surface area contributed by atoms with Gasteiger partial charge < -0.3 is 0 Å². The maximum Gasteiger partial charge on any atom is 0.0653 e. The summed E-state index contributed by atoms with van der Waals surface area (Å²) in [4.78, 5) is 0. The Balaban J connectivity index is 2.42. The minimum absolute atomic E-state index is 0.211. The van der Waals surface area contributed by atoms with Crippen LogP contribution in [0.15, 0.2) is 6.07 Å². The molecule has 0 unspecified atom stereocenters. The van der Waals surface area contributed by atoms with Crippen LogP contribution in [0, 0.1) is 0 Å². The van der Waals surface area contributed by atoms with E-state index in [0.717, 1.165) is 0 Å². The van der Waals surface area contributed by atoms with Gasteiger partial charge in [-0.3, -0.25) is 4.68 Å². The Morgan fingerprint density at radius 3 is 2.33 bits per heavy atom. The van der Waals surface area contributed by atoms with Crippen molar-refractivity contribution in [1.29, 1.82) is 0 Å². The quantitative estimate of drug-likeness (QED) is 0.722. The molecule has 0 bridgehead atoms. The number of hydrogen-bond acceptors (Lipinski definition) is 1. The van der Waals surface area contributed by atoms with E-state index < -0.39 is 0 Å². The number of nitrogens with zero attached hydrogens (tertiary/aromatic N) is 2. The van der Waals surface area contributed by atoms with Crippen LogP contribution in [0.3, 0.4) is 0 Å². The van der Waals surface area contributed by atoms with Crippen molar-refractivity contribution in [2.75, 3.05) is 0 Å². The molecule has 2 rings (SSSR count). The van der Waals surface area contributed by atoms with Crippen molar-refractivity contribution >= 4 is 0 Å². The lowest BCUT2D eigenvalue weighted by molar-refractivity contribution is 0.489. The van der Waals surface area contributed by atoms with Gasteiger partial charge in [-0.05, 0) is 24.8 Å². The average molecular weight is 206 g/mol. The first-order chi connectivity index (χ1) is 6.89. The molecule has 0 N–H and O–H groups in total. The Labute approximate surface area is 92.7 Å². The van der Waals surface area contributed by atoms with E-state index in [2.05, 4.69) is 45.4 Å². The van der Waals surface area contributed by atoms with E-state index in [4.69, 9.17) is 5.10 Å². The normalized spacial score (nSPS) is 17.5. The predicted octanol–water partition coefficient (Wildman–Crippen LogP) is 3.64. The second-order valence-electron chi connectivity index (χ2n) is 6.03. The van der Waals surface area contributed by atoms with Crippen LogP contribution in [0.4, 0.5) is 0 Å². The molecule has 0 amide bonds. The van der Waals surface area contributed by atoms with Gasteiger partial charge in [0.1, 0.15) is 0 Å². The van der Waals surface area contributed by atoms with E-state index in [9.17, 15) is 0 Å². The van der Waals surface area contributed by atoms with Crippen LogP contribution in [-0.2, 0) is 5.41 Å². The third-order valence-corrected chi connectivity index (χ3v) is 3.01. The third kappa shape index (κ3) is 2.09. The molecule has 1 heterocycles. The highest BCUT2D eigenvalue weighted by atomic mass is 15.3. The van der Waals surface area contributed by atoms with E-state index in [0.29, 0.717) is 12.0 Å². The maximum absolute atomic E-state index is 4.75. The summed E-state index contributed by atoms with van der Waals surface area (Å²) in [5.74, 6) is 0.533. The zero-order valence-electron chi connectivity index (χ0n) is 10.5. The number of rotatable bonds is 2. The minimum atomic E-state index is 0.211. The highest BCUT2D eigenvalue weighted by Crippen LogP contribution is 2.39. The second kappa shape index (κ2) is 3.36. The lowest BCUT2D eigenvalue weighted by atomic mass is 9.91. The summed E-state index contributed by atoms with van der Waals surface area (Å²) in [6, 6.07) is 2.98. The summed E-state index contributed by atoms with van der Waals surface area (Å²) >= 11 is 0. The molecule has 0 atom stereocenters. The maximum atomic E-state index is 4.75. The molecule has 15 heavy (non-hydrogen) atoms. The fourth-order valence-corrected chi connectivity index (χ4v) is 1.85. The molecule has 0 radical (unpaired) electrons. The van der Waals surface area contributed by atoms with Crippen LogP contribution in [0.2, 0.25) is 0 Å². The average Bonchev–Trinajstić information content (AvgIpc) is 2.81. The van der Waals surface area contributed by atoms with E-state index in [1.54, 1.807) is 0 Å². The molecular weight excluding hydrogens is 184 g/mol. The topological polar surface area (TPSA) is 17.8 Å². The Hall–Kier alpha value is -0.790. The Kier molecular flexibility index (Phi) is 2.40. The van der Waals surface area contributed by atoms with Crippen molar-refractivity contribution < 1.29 is 0 Å². The molecule has 1 aliphatic rings. The van der Waals surface area contributed by atoms with Crippen molar-refractivity contribution in [3.63, 3.8) is 0 Å². The summed E-state index contributed by atoms with van der Waals surface area (Å²) in [6.07, 6.45) is 2.62. The van der Waals surface area contributed by atoms with Gasteiger partial charge in [-0.2, -0.15) is 5.10 Å². The molecule has 0 saturated heterocycles. The molecular formula is C13H22N2. The van der Waals surface area contributed by atoms with Crippen LogP contribution >= 0.6 is 0 Å². The molecule has 0 aromatic carbocycles. The van der Waals surface area contributed by atoms with Crippen molar-refractivity contribution in [2.45, 2.75) is 64.8 Å². The first kappa shape index (κ1) is 10.7. The van der Waals surface area contributed by atoms with Crippen molar-refractivity contribution in [1.82, 2.24) is 9.78 Å². The summed E-state index contributed by atoms with van der Waals surface area (Å²) in [6.45, 7) is 11.2. The molecule has 1 aromatic rings. The molecule has 1 saturated carbocycles. The van der Waals surface area contributed by atoms with Crippen LogP contribution in [-0.4, -0.2) is 9.78 Å². The molecule has 2 nitrogen and oxygen atoms in total. The van der Waals surface area contributed by atoms with Gasteiger partial charge in [-0.25, -0.2) is 0 Å². The van der Waals surface area contributed by atoms with Gasteiger partial charge in [0, 0.05) is 11.1 Å². The zero-order chi connectivity index (χ0) is 11.2. The van der Waals surface area contributed by atoms with Crippen molar-refractivity contribution in [3.8, 4) is 0 Å².